The summed E-state index contributed by atoms with van der Waals surface area (Å²) in [5.74, 6) is 1.22. The van der Waals surface area contributed by atoms with Gasteiger partial charge >= 0.3 is 0 Å². The van der Waals surface area contributed by atoms with Gasteiger partial charge in [-0.1, -0.05) is 17.7 Å². The Morgan fingerprint density at radius 2 is 2.15 bits per heavy atom. The molecule has 1 atom stereocenters. The maximum atomic E-state index is 10.2. The number of halogens is 2. The Morgan fingerprint density at radius 1 is 1.35 bits per heavy atom. The Morgan fingerprint density at radius 3 is 2.81 bits per heavy atom. The molecule has 0 aliphatic carbocycles. The molecule has 0 aromatic carbocycles. The van der Waals surface area contributed by atoms with Crippen molar-refractivity contribution in [2.45, 2.75) is 26.5 Å². The van der Waals surface area contributed by atoms with Crippen LogP contribution in [0, 0.1) is 0 Å². The number of nitrogens with one attached hydrogen (secondary N) is 2. The molecular formula is C17H24ClIN4O2S. The van der Waals surface area contributed by atoms with E-state index in [1.807, 2.05) is 32.0 Å². The lowest BCUT2D eigenvalue weighted by Gasteiger charge is -2.14. The zero-order valence-electron chi connectivity index (χ0n) is 14.7. The molecule has 2 heterocycles. The Kier molecular flexibility index (Phi) is 10.9. The molecule has 3 N–H and O–H groups in total. The van der Waals surface area contributed by atoms with Crippen molar-refractivity contribution in [3.8, 4) is 5.88 Å². The van der Waals surface area contributed by atoms with Crippen molar-refractivity contribution >= 4 is 52.9 Å². The van der Waals surface area contributed by atoms with Gasteiger partial charge in [-0.25, -0.2) is 9.98 Å². The number of nitrogens with zero attached hydrogens (tertiary/aromatic N) is 2. The van der Waals surface area contributed by atoms with Gasteiger partial charge in [0.05, 0.1) is 17.5 Å². The molecule has 9 heteroatoms. The van der Waals surface area contributed by atoms with Crippen molar-refractivity contribution in [3.05, 3.63) is 45.2 Å². The van der Waals surface area contributed by atoms with E-state index in [0.29, 0.717) is 35.9 Å². The summed E-state index contributed by atoms with van der Waals surface area (Å²) in [6.07, 6.45) is 1.06. The van der Waals surface area contributed by atoms with Gasteiger partial charge in [0.25, 0.3) is 0 Å². The molecule has 0 radical (unpaired) electrons. The van der Waals surface area contributed by atoms with Crippen molar-refractivity contribution < 1.29 is 9.84 Å². The number of aromatic nitrogens is 1. The number of hydrogen-bond acceptors (Lipinski definition) is 5. The average molecular weight is 511 g/mol. The highest BCUT2D eigenvalue weighted by Gasteiger charge is 2.11. The molecule has 2 rings (SSSR count). The largest absolute Gasteiger partial charge is 0.478 e. The summed E-state index contributed by atoms with van der Waals surface area (Å²) in [4.78, 5) is 9.58. The number of thiophene rings is 1. The fraction of sp³-hybridized carbons (Fsp3) is 0.412. The van der Waals surface area contributed by atoms with Crippen LogP contribution in [0.1, 0.15) is 30.4 Å². The van der Waals surface area contributed by atoms with Gasteiger partial charge in [-0.15, -0.1) is 35.3 Å². The third-order valence-corrected chi connectivity index (χ3v) is 4.60. The topological polar surface area (TPSA) is 78.8 Å². The van der Waals surface area contributed by atoms with E-state index in [9.17, 15) is 5.11 Å². The van der Waals surface area contributed by atoms with E-state index in [1.165, 1.54) is 11.3 Å². The van der Waals surface area contributed by atoms with Crippen LogP contribution in [0.2, 0.25) is 4.34 Å². The zero-order valence-corrected chi connectivity index (χ0v) is 18.6. The number of aliphatic hydroxyl groups excluding tert-OH is 1. The van der Waals surface area contributed by atoms with Gasteiger partial charge in [-0.2, -0.15) is 0 Å². The van der Waals surface area contributed by atoms with E-state index in [2.05, 4.69) is 20.6 Å². The number of guanidine groups is 1. The van der Waals surface area contributed by atoms with E-state index >= 15 is 0 Å². The molecule has 0 saturated heterocycles. The van der Waals surface area contributed by atoms with Crippen LogP contribution >= 0.6 is 46.9 Å². The molecule has 0 bridgehead atoms. The predicted octanol–water partition coefficient (Wildman–Crippen LogP) is 3.60. The lowest BCUT2D eigenvalue weighted by Crippen LogP contribution is -2.39. The van der Waals surface area contributed by atoms with Crippen LogP contribution in [0.4, 0.5) is 0 Å². The summed E-state index contributed by atoms with van der Waals surface area (Å²) >= 11 is 7.28. The van der Waals surface area contributed by atoms with Crippen LogP contribution in [0.15, 0.2) is 35.5 Å². The number of hydrogen-bond donors (Lipinski definition) is 3. The lowest BCUT2D eigenvalue weighted by molar-refractivity contribution is 0.184. The van der Waals surface area contributed by atoms with E-state index in [1.54, 1.807) is 12.3 Å². The number of pyridine rings is 1. The second-order valence-corrected chi connectivity index (χ2v) is 6.88. The number of aliphatic hydroxyl groups is 1. The Hall–Kier alpha value is -1.10. The van der Waals surface area contributed by atoms with Crippen LogP contribution in [0.3, 0.4) is 0 Å². The first-order chi connectivity index (χ1) is 12.1. The summed E-state index contributed by atoms with van der Waals surface area (Å²) in [6.45, 7) is 5.96. The van der Waals surface area contributed by atoms with Crippen molar-refractivity contribution in [2.75, 3.05) is 19.7 Å². The highest BCUT2D eigenvalue weighted by atomic mass is 127. The van der Waals surface area contributed by atoms with E-state index in [0.717, 1.165) is 17.0 Å². The first-order valence-corrected chi connectivity index (χ1v) is 9.35. The standard InChI is InChI=1S/C17H23ClN4O2S.HI/c1-3-19-17(22-11-13(23)14-7-8-15(18)25-14)21-10-12-6-5-9-20-16(12)24-4-2;/h5-9,13,23H,3-4,10-11H2,1-2H3,(H2,19,21,22);1H. The lowest BCUT2D eigenvalue weighted by atomic mass is 10.3. The Bertz CT molecular complexity index is 699. The molecule has 0 amide bonds. The van der Waals surface area contributed by atoms with Crippen LogP contribution in [0.25, 0.3) is 0 Å². The third-order valence-electron chi connectivity index (χ3n) is 3.27. The molecule has 1 unspecified atom stereocenters. The molecule has 2 aromatic rings. The van der Waals surface area contributed by atoms with E-state index in [4.69, 9.17) is 16.3 Å². The van der Waals surface area contributed by atoms with Crippen molar-refractivity contribution in [1.82, 2.24) is 15.6 Å². The molecule has 144 valence electrons. The van der Waals surface area contributed by atoms with Crippen LogP contribution in [-0.4, -0.2) is 35.7 Å². The molecule has 2 aromatic heterocycles. The van der Waals surface area contributed by atoms with Gasteiger partial charge in [0.1, 0.15) is 6.10 Å². The zero-order chi connectivity index (χ0) is 18.1. The summed E-state index contributed by atoms with van der Waals surface area (Å²) in [6, 6.07) is 7.40. The molecule has 0 aliphatic heterocycles. The van der Waals surface area contributed by atoms with Gasteiger partial charge in [0, 0.05) is 29.7 Å². The summed E-state index contributed by atoms with van der Waals surface area (Å²) < 4.78 is 6.18. The molecular weight excluding hydrogens is 487 g/mol. The minimum absolute atomic E-state index is 0. The van der Waals surface area contributed by atoms with Gasteiger partial charge in [0.15, 0.2) is 5.96 Å². The number of aliphatic imine (C=N–C) groups is 1. The summed E-state index contributed by atoms with van der Waals surface area (Å²) in [5.41, 5.74) is 0.909. The first-order valence-electron chi connectivity index (χ1n) is 8.16. The Balaban J connectivity index is 0.00000338. The van der Waals surface area contributed by atoms with Gasteiger partial charge in [-0.05, 0) is 32.0 Å². The highest BCUT2D eigenvalue weighted by molar-refractivity contribution is 14.0. The number of ether oxygens (including phenoxy) is 1. The Labute approximate surface area is 180 Å². The minimum atomic E-state index is -0.640. The predicted molar refractivity (Wildman–Crippen MR) is 118 cm³/mol. The molecule has 0 aliphatic rings. The van der Waals surface area contributed by atoms with Crippen LogP contribution in [0.5, 0.6) is 5.88 Å². The van der Waals surface area contributed by atoms with Crippen LogP contribution < -0.4 is 15.4 Å². The second-order valence-electron chi connectivity index (χ2n) is 5.13. The molecule has 26 heavy (non-hydrogen) atoms. The van der Waals surface area contributed by atoms with Crippen molar-refractivity contribution in [2.24, 2.45) is 4.99 Å². The highest BCUT2D eigenvalue weighted by Crippen LogP contribution is 2.26. The normalized spacial score (nSPS) is 12.2. The second kappa shape index (κ2) is 12.3. The van der Waals surface area contributed by atoms with Gasteiger partial charge < -0.3 is 20.5 Å². The average Bonchev–Trinajstić information content (AvgIpc) is 3.05. The maximum Gasteiger partial charge on any atom is 0.218 e. The van der Waals surface area contributed by atoms with Crippen molar-refractivity contribution in [3.63, 3.8) is 0 Å². The van der Waals surface area contributed by atoms with Gasteiger partial charge in [-0.3, -0.25) is 0 Å². The first kappa shape index (κ1) is 22.9. The molecule has 0 fully saturated rings. The fourth-order valence-electron chi connectivity index (χ4n) is 2.12. The quantitative estimate of drug-likeness (QED) is 0.287. The SMILES string of the molecule is CCNC(=NCc1cccnc1OCC)NCC(O)c1ccc(Cl)s1.I. The van der Waals surface area contributed by atoms with Gasteiger partial charge in [0.2, 0.25) is 5.88 Å². The minimum Gasteiger partial charge on any atom is -0.478 e. The summed E-state index contributed by atoms with van der Waals surface area (Å²) in [5, 5.41) is 16.5. The van der Waals surface area contributed by atoms with E-state index in [-0.39, 0.29) is 24.0 Å². The smallest absolute Gasteiger partial charge is 0.218 e. The third kappa shape index (κ3) is 7.26. The molecule has 6 nitrogen and oxygen atoms in total. The fourth-order valence-corrected chi connectivity index (χ4v) is 3.17. The summed E-state index contributed by atoms with van der Waals surface area (Å²) in [7, 11) is 0. The maximum absolute atomic E-state index is 10.2. The van der Waals surface area contributed by atoms with Crippen molar-refractivity contribution in [1.29, 1.82) is 0 Å². The van der Waals surface area contributed by atoms with Crippen LogP contribution in [-0.2, 0) is 6.54 Å². The molecule has 0 spiro atoms. The number of rotatable bonds is 8. The monoisotopic (exact) mass is 510 g/mol. The van der Waals surface area contributed by atoms with E-state index < -0.39 is 6.10 Å². The molecule has 0 saturated carbocycles.